The average molecular weight is 486 g/mol. The maximum atomic E-state index is 12.3. The van der Waals surface area contributed by atoms with E-state index in [1.165, 1.54) is 0 Å². The Balaban J connectivity index is 0. The summed E-state index contributed by atoms with van der Waals surface area (Å²) < 4.78 is 10.6. The number of nitrogens with one attached hydrogen (secondary N) is 2. The molecule has 8 heteroatoms. The summed E-state index contributed by atoms with van der Waals surface area (Å²) in [5.41, 5.74) is -0.484. The minimum atomic E-state index is -0.484. The third-order valence-corrected chi connectivity index (χ3v) is 3.22. The molecule has 0 saturated heterocycles. The molecule has 0 aromatic rings. The van der Waals surface area contributed by atoms with E-state index in [0.29, 0.717) is 19.7 Å². The minimum Gasteiger partial charge on any atom is -0.444 e. The number of nitrogens with zero attached hydrogens (tertiary/aromatic N) is 2. The van der Waals surface area contributed by atoms with Crippen LogP contribution in [-0.2, 0) is 9.47 Å². The number of hydrogen-bond acceptors (Lipinski definition) is 4. The van der Waals surface area contributed by atoms with E-state index < -0.39 is 5.60 Å². The first-order valence-corrected chi connectivity index (χ1v) is 9.14. The van der Waals surface area contributed by atoms with Crippen LogP contribution in [0, 0.1) is 0 Å². The quantitative estimate of drug-likeness (QED) is 0.227. The van der Waals surface area contributed by atoms with Gasteiger partial charge in [0, 0.05) is 38.8 Å². The molecule has 156 valence electrons. The summed E-state index contributed by atoms with van der Waals surface area (Å²) in [4.78, 5) is 18.6. The van der Waals surface area contributed by atoms with Crippen LogP contribution in [0.3, 0.4) is 0 Å². The van der Waals surface area contributed by atoms with Gasteiger partial charge in [-0.3, -0.25) is 4.99 Å². The summed E-state index contributed by atoms with van der Waals surface area (Å²) in [5.74, 6) is 0.764. The van der Waals surface area contributed by atoms with Gasteiger partial charge in [0.05, 0.1) is 6.61 Å². The van der Waals surface area contributed by atoms with E-state index in [-0.39, 0.29) is 42.2 Å². The summed E-state index contributed by atoms with van der Waals surface area (Å²) in [5, 5.41) is 6.51. The minimum absolute atomic E-state index is 0. The normalized spacial score (nSPS) is 13.0. The number of ether oxygens (including phenoxy) is 2. The fourth-order valence-corrected chi connectivity index (χ4v) is 2.16. The highest BCUT2D eigenvalue weighted by Crippen LogP contribution is 2.12. The van der Waals surface area contributed by atoms with Gasteiger partial charge in [0.1, 0.15) is 5.60 Å². The standard InChI is InChI=1S/C18H38N4O3.HI/c1-9-19-16(21-15(4)13-24-8)20-11-10-12-22(14(2)3)17(23)25-18(5,6)7;/h14-15H,9-13H2,1-8H3,(H2,19,20,21);1H. The van der Waals surface area contributed by atoms with Crippen LogP contribution in [0.1, 0.15) is 54.9 Å². The van der Waals surface area contributed by atoms with Crippen LogP contribution in [0.25, 0.3) is 0 Å². The number of carbonyl (C=O) groups excluding carboxylic acids is 1. The summed E-state index contributed by atoms with van der Waals surface area (Å²) in [6.07, 6.45) is 0.498. The number of methoxy groups -OCH3 is 1. The van der Waals surface area contributed by atoms with Crippen molar-refractivity contribution in [2.24, 2.45) is 4.99 Å². The van der Waals surface area contributed by atoms with Gasteiger partial charge in [-0.1, -0.05) is 0 Å². The second-order valence-electron chi connectivity index (χ2n) is 7.38. The predicted molar refractivity (Wildman–Crippen MR) is 119 cm³/mol. The molecule has 2 N–H and O–H groups in total. The molecule has 0 aliphatic heterocycles. The van der Waals surface area contributed by atoms with Gasteiger partial charge in [0.15, 0.2) is 5.96 Å². The second kappa shape index (κ2) is 14.3. The van der Waals surface area contributed by atoms with E-state index >= 15 is 0 Å². The Labute approximate surface area is 176 Å². The van der Waals surface area contributed by atoms with Gasteiger partial charge in [-0.15, -0.1) is 24.0 Å². The van der Waals surface area contributed by atoms with Gasteiger partial charge in [-0.25, -0.2) is 4.79 Å². The molecule has 0 rings (SSSR count). The molecule has 1 atom stereocenters. The first kappa shape index (κ1) is 27.4. The SMILES string of the molecule is CCNC(=NCCCN(C(=O)OC(C)(C)C)C(C)C)NC(C)COC.I. The molecule has 7 nitrogen and oxygen atoms in total. The van der Waals surface area contributed by atoms with E-state index in [0.717, 1.165) is 18.9 Å². The van der Waals surface area contributed by atoms with Crippen LogP contribution in [-0.4, -0.2) is 68.0 Å². The Bertz CT molecular complexity index is 412. The molecule has 0 bridgehead atoms. The smallest absolute Gasteiger partial charge is 0.410 e. The van der Waals surface area contributed by atoms with E-state index in [2.05, 4.69) is 15.6 Å². The van der Waals surface area contributed by atoms with Crippen molar-refractivity contribution < 1.29 is 14.3 Å². The van der Waals surface area contributed by atoms with Crippen LogP contribution in [0.4, 0.5) is 4.79 Å². The van der Waals surface area contributed by atoms with Crippen LogP contribution >= 0.6 is 24.0 Å². The lowest BCUT2D eigenvalue weighted by molar-refractivity contribution is 0.0190. The Morgan fingerprint density at radius 1 is 1.23 bits per heavy atom. The van der Waals surface area contributed by atoms with Gasteiger partial charge in [0.25, 0.3) is 0 Å². The molecule has 26 heavy (non-hydrogen) atoms. The zero-order valence-electron chi connectivity index (χ0n) is 17.7. The lowest BCUT2D eigenvalue weighted by atomic mass is 10.2. The van der Waals surface area contributed by atoms with Crippen molar-refractivity contribution in [3.8, 4) is 0 Å². The molecule has 1 amide bonds. The number of amides is 1. The number of hydrogen-bond donors (Lipinski definition) is 2. The molecule has 0 aromatic carbocycles. The Morgan fingerprint density at radius 3 is 2.31 bits per heavy atom. The van der Waals surface area contributed by atoms with Crippen molar-refractivity contribution in [3.63, 3.8) is 0 Å². The second-order valence-corrected chi connectivity index (χ2v) is 7.38. The zero-order chi connectivity index (χ0) is 19.5. The largest absolute Gasteiger partial charge is 0.444 e. The molecule has 0 aromatic heterocycles. The lowest BCUT2D eigenvalue weighted by Crippen LogP contribution is -2.44. The summed E-state index contributed by atoms with van der Waals surface area (Å²) >= 11 is 0. The summed E-state index contributed by atoms with van der Waals surface area (Å²) in [6, 6.07) is 0.267. The highest BCUT2D eigenvalue weighted by molar-refractivity contribution is 14.0. The van der Waals surface area contributed by atoms with Crippen LogP contribution in [0.5, 0.6) is 0 Å². The topological polar surface area (TPSA) is 75.2 Å². The van der Waals surface area contributed by atoms with Crippen molar-refractivity contribution in [2.75, 3.05) is 33.4 Å². The van der Waals surface area contributed by atoms with Crippen molar-refractivity contribution >= 4 is 36.0 Å². The predicted octanol–water partition coefficient (Wildman–Crippen LogP) is 3.23. The molecule has 0 aliphatic carbocycles. The monoisotopic (exact) mass is 486 g/mol. The lowest BCUT2D eigenvalue weighted by Gasteiger charge is -2.30. The van der Waals surface area contributed by atoms with Crippen LogP contribution in [0.2, 0.25) is 0 Å². The fraction of sp³-hybridized carbons (Fsp3) is 0.889. The van der Waals surface area contributed by atoms with Gasteiger partial charge in [0.2, 0.25) is 0 Å². The van der Waals surface area contributed by atoms with Gasteiger partial charge >= 0.3 is 6.09 Å². The van der Waals surface area contributed by atoms with Crippen molar-refractivity contribution in [3.05, 3.63) is 0 Å². The summed E-state index contributed by atoms with van der Waals surface area (Å²) in [6.45, 7) is 16.3. The first-order chi connectivity index (χ1) is 11.6. The highest BCUT2D eigenvalue weighted by atomic mass is 127. The van der Waals surface area contributed by atoms with Gasteiger partial charge in [-0.2, -0.15) is 0 Å². The molecule has 0 spiro atoms. The third-order valence-electron chi connectivity index (χ3n) is 3.22. The third kappa shape index (κ3) is 13.4. The van der Waals surface area contributed by atoms with Crippen LogP contribution in [0.15, 0.2) is 4.99 Å². The molecule has 0 saturated carbocycles. The molecule has 0 aliphatic rings. The molecule has 0 radical (unpaired) electrons. The average Bonchev–Trinajstić information content (AvgIpc) is 2.44. The van der Waals surface area contributed by atoms with E-state index in [1.807, 2.05) is 48.5 Å². The fourth-order valence-electron chi connectivity index (χ4n) is 2.16. The first-order valence-electron chi connectivity index (χ1n) is 9.14. The Hall–Kier alpha value is -0.770. The van der Waals surface area contributed by atoms with Gasteiger partial charge in [-0.05, 0) is 54.9 Å². The Kier molecular flexibility index (Phi) is 15.1. The Morgan fingerprint density at radius 2 is 1.85 bits per heavy atom. The highest BCUT2D eigenvalue weighted by Gasteiger charge is 2.23. The van der Waals surface area contributed by atoms with E-state index in [9.17, 15) is 4.79 Å². The van der Waals surface area contributed by atoms with Crippen molar-refractivity contribution in [1.82, 2.24) is 15.5 Å². The number of guanidine groups is 1. The van der Waals surface area contributed by atoms with Crippen molar-refractivity contribution in [1.29, 1.82) is 0 Å². The number of rotatable bonds is 9. The maximum Gasteiger partial charge on any atom is 0.410 e. The number of carbonyl (C=O) groups is 1. The van der Waals surface area contributed by atoms with Gasteiger partial charge < -0.3 is 25.0 Å². The molecule has 0 heterocycles. The van der Waals surface area contributed by atoms with Crippen LogP contribution < -0.4 is 10.6 Å². The molecule has 0 fully saturated rings. The molecular weight excluding hydrogens is 447 g/mol. The number of halogens is 1. The number of aliphatic imine (C=N–C) groups is 1. The summed E-state index contributed by atoms with van der Waals surface area (Å²) in [7, 11) is 1.68. The van der Waals surface area contributed by atoms with E-state index in [4.69, 9.17) is 9.47 Å². The zero-order valence-corrected chi connectivity index (χ0v) is 20.0. The maximum absolute atomic E-state index is 12.3. The van der Waals surface area contributed by atoms with E-state index in [1.54, 1.807) is 12.0 Å². The molecular formula is C18H39IN4O3. The molecule has 1 unspecified atom stereocenters. The van der Waals surface area contributed by atoms with Crippen molar-refractivity contribution in [2.45, 2.75) is 72.6 Å².